The van der Waals surface area contributed by atoms with E-state index in [2.05, 4.69) is 18.6 Å². The van der Waals surface area contributed by atoms with E-state index < -0.39 is 10.0 Å². The third-order valence-corrected chi connectivity index (χ3v) is 4.28. The smallest absolute Gasteiger partial charge is 0.240 e. The topological polar surface area (TPSA) is 75.6 Å². The summed E-state index contributed by atoms with van der Waals surface area (Å²) in [6.07, 6.45) is 0.789. The lowest BCUT2D eigenvalue weighted by Crippen LogP contribution is -2.33. The molecule has 0 aliphatic carbocycles. The third kappa shape index (κ3) is 5.48. The number of sulfonamides is 1. The molecule has 0 amide bonds. The van der Waals surface area contributed by atoms with Gasteiger partial charge >= 0.3 is 0 Å². The molecule has 0 aromatic heterocycles. The maximum atomic E-state index is 12.2. The number of aliphatic hydroxyl groups excluding tert-OH is 1. The van der Waals surface area contributed by atoms with E-state index in [1.807, 2.05) is 6.92 Å². The minimum absolute atomic E-state index is 0.0751. The third-order valence-electron chi connectivity index (χ3n) is 2.68. The van der Waals surface area contributed by atoms with Gasteiger partial charge in [0.15, 0.2) is 0 Å². The average Bonchev–Trinajstić information content (AvgIpc) is 2.35. The van der Waals surface area contributed by atoms with Gasteiger partial charge in [-0.05, 0) is 43.5 Å². The van der Waals surface area contributed by atoms with Crippen molar-refractivity contribution in [2.45, 2.75) is 38.1 Å². The van der Waals surface area contributed by atoms with Gasteiger partial charge in [-0.2, -0.15) is 0 Å². The van der Waals surface area contributed by atoms with E-state index in [1.54, 1.807) is 12.1 Å². The van der Waals surface area contributed by atoms with Crippen LogP contribution >= 0.6 is 0 Å². The maximum Gasteiger partial charge on any atom is 0.240 e. The molecule has 1 aromatic rings. The van der Waals surface area contributed by atoms with Crippen molar-refractivity contribution in [2.75, 3.05) is 13.2 Å². The molecule has 0 aliphatic heterocycles. The van der Waals surface area contributed by atoms with E-state index in [0.717, 1.165) is 6.42 Å². The van der Waals surface area contributed by atoms with E-state index >= 15 is 0 Å². The van der Waals surface area contributed by atoms with Gasteiger partial charge in [-0.1, -0.05) is 13.8 Å². The Labute approximate surface area is 121 Å². The number of benzene rings is 1. The van der Waals surface area contributed by atoms with Crippen LogP contribution in [0.25, 0.3) is 0 Å². The summed E-state index contributed by atoms with van der Waals surface area (Å²) in [7, 11) is -3.50. The minimum atomic E-state index is -3.50. The molecule has 0 aliphatic rings. The Morgan fingerprint density at radius 1 is 1.20 bits per heavy atom. The van der Waals surface area contributed by atoms with Gasteiger partial charge in [0.05, 0.1) is 11.5 Å². The SMILES string of the molecule is CC(C)CC(C)NS(=O)(=O)c1ccc(OCCO)cc1. The molecule has 0 saturated carbocycles. The lowest BCUT2D eigenvalue weighted by atomic mass is 10.1. The molecule has 1 atom stereocenters. The molecule has 114 valence electrons. The highest BCUT2D eigenvalue weighted by Gasteiger charge is 2.17. The first-order valence-electron chi connectivity index (χ1n) is 6.71. The van der Waals surface area contributed by atoms with Crippen LogP contribution in [-0.2, 0) is 10.0 Å². The molecule has 20 heavy (non-hydrogen) atoms. The van der Waals surface area contributed by atoms with Gasteiger partial charge in [0, 0.05) is 6.04 Å². The van der Waals surface area contributed by atoms with E-state index in [4.69, 9.17) is 9.84 Å². The Kier molecular flexibility index (Phi) is 6.45. The van der Waals surface area contributed by atoms with Crippen molar-refractivity contribution in [1.82, 2.24) is 4.72 Å². The molecule has 0 bridgehead atoms. The lowest BCUT2D eigenvalue weighted by molar-refractivity contribution is 0.201. The van der Waals surface area contributed by atoms with Crippen molar-refractivity contribution in [3.63, 3.8) is 0 Å². The molecule has 0 spiro atoms. The van der Waals surface area contributed by atoms with Crippen molar-refractivity contribution >= 4 is 10.0 Å². The van der Waals surface area contributed by atoms with Crippen LogP contribution in [0.15, 0.2) is 29.2 Å². The van der Waals surface area contributed by atoms with E-state index in [9.17, 15) is 8.42 Å². The standard InChI is InChI=1S/C14H23NO4S/c1-11(2)10-12(3)15-20(17,18)14-6-4-13(5-7-14)19-9-8-16/h4-7,11-12,15-16H,8-10H2,1-3H3. The van der Waals surface area contributed by atoms with Gasteiger partial charge in [0.1, 0.15) is 12.4 Å². The maximum absolute atomic E-state index is 12.2. The highest BCUT2D eigenvalue weighted by Crippen LogP contribution is 2.17. The molecule has 0 radical (unpaired) electrons. The van der Waals surface area contributed by atoms with Crippen molar-refractivity contribution in [1.29, 1.82) is 0 Å². The number of nitrogens with one attached hydrogen (secondary N) is 1. The highest BCUT2D eigenvalue weighted by molar-refractivity contribution is 7.89. The fourth-order valence-electron chi connectivity index (χ4n) is 1.97. The first-order chi connectivity index (χ1) is 9.35. The molecule has 1 unspecified atom stereocenters. The summed E-state index contributed by atoms with van der Waals surface area (Å²) in [5.74, 6) is 0.968. The Hall–Kier alpha value is -1.11. The van der Waals surface area contributed by atoms with Crippen LogP contribution in [0, 0.1) is 5.92 Å². The second kappa shape index (κ2) is 7.61. The van der Waals surface area contributed by atoms with Crippen molar-refractivity contribution in [3.05, 3.63) is 24.3 Å². The van der Waals surface area contributed by atoms with Crippen LogP contribution in [-0.4, -0.2) is 32.8 Å². The summed E-state index contributed by atoms with van der Waals surface area (Å²) in [6.45, 7) is 6.08. The van der Waals surface area contributed by atoms with Crippen LogP contribution in [0.1, 0.15) is 27.2 Å². The zero-order valence-corrected chi connectivity index (χ0v) is 13.0. The predicted octanol–water partition coefficient (Wildman–Crippen LogP) is 1.77. The van der Waals surface area contributed by atoms with Crippen LogP contribution in [0.2, 0.25) is 0 Å². The summed E-state index contributed by atoms with van der Waals surface area (Å²) in [5, 5.41) is 8.65. The van der Waals surface area contributed by atoms with Crippen molar-refractivity contribution in [3.8, 4) is 5.75 Å². The monoisotopic (exact) mass is 301 g/mol. The average molecular weight is 301 g/mol. The second-order valence-electron chi connectivity index (χ2n) is 5.20. The fourth-order valence-corrected chi connectivity index (χ4v) is 3.22. The Balaban J connectivity index is 2.72. The zero-order chi connectivity index (χ0) is 15.2. The first kappa shape index (κ1) is 16.9. The molecule has 0 fully saturated rings. The van der Waals surface area contributed by atoms with Crippen LogP contribution in [0.5, 0.6) is 5.75 Å². The van der Waals surface area contributed by atoms with Crippen LogP contribution in [0.4, 0.5) is 0 Å². The van der Waals surface area contributed by atoms with E-state index in [-0.39, 0.29) is 24.2 Å². The van der Waals surface area contributed by atoms with Crippen molar-refractivity contribution in [2.24, 2.45) is 5.92 Å². The van der Waals surface area contributed by atoms with Gasteiger partial charge < -0.3 is 9.84 Å². The molecule has 1 aromatic carbocycles. The number of rotatable bonds is 8. The Morgan fingerprint density at radius 2 is 1.80 bits per heavy atom. The molecular formula is C14H23NO4S. The molecule has 0 saturated heterocycles. The van der Waals surface area contributed by atoms with Gasteiger partial charge in [-0.3, -0.25) is 0 Å². The summed E-state index contributed by atoms with van der Waals surface area (Å²) < 4.78 is 32.2. The molecular weight excluding hydrogens is 278 g/mol. The molecule has 0 heterocycles. The Bertz CT molecular complexity index is 496. The lowest BCUT2D eigenvalue weighted by Gasteiger charge is -2.16. The first-order valence-corrected chi connectivity index (χ1v) is 8.19. The molecule has 2 N–H and O–H groups in total. The fraction of sp³-hybridized carbons (Fsp3) is 0.571. The largest absolute Gasteiger partial charge is 0.491 e. The highest BCUT2D eigenvalue weighted by atomic mass is 32.2. The number of hydrogen-bond donors (Lipinski definition) is 2. The molecule has 6 heteroatoms. The predicted molar refractivity (Wildman–Crippen MR) is 78.3 cm³/mol. The number of ether oxygens (including phenoxy) is 1. The van der Waals surface area contributed by atoms with E-state index in [0.29, 0.717) is 11.7 Å². The normalized spacial score (nSPS) is 13.4. The van der Waals surface area contributed by atoms with E-state index in [1.165, 1.54) is 12.1 Å². The van der Waals surface area contributed by atoms with Gasteiger partial charge in [-0.25, -0.2) is 13.1 Å². The van der Waals surface area contributed by atoms with Crippen molar-refractivity contribution < 1.29 is 18.3 Å². The molecule has 5 nitrogen and oxygen atoms in total. The van der Waals surface area contributed by atoms with Gasteiger partial charge in [-0.15, -0.1) is 0 Å². The second-order valence-corrected chi connectivity index (χ2v) is 6.91. The number of aliphatic hydroxyl groups is 1. The van der Waals surface area contributed by atoms with Crippen LogP contribution < -0.4 is 9.46 Å². The van der Waals surface area contributed by atoms with Gasteiger partial charge in [0.25, 0.3) is 0 Å². The summed E-state index contributed by atoms with van der Waals surface area (Å²) >= 11 is 0. The van der Waals surface area contributed by atoms with Gasteiger partial charge in [0.2, 0.25) is 10.0 Å². The summed E-state index contributed by atoms with van der Waals surface area (Å²) in [4.78, 5) is 0.212. The summed E-state index contributed by atoms with van der Waals surface area (Å²) in [6, 6.07) is 6.05. The molecule has 1 rings (SSSR count). The number of hydrogen-bond acceptors (Lipinski definition) is 4. The Morgan fingerprint density at radius 3 is 2.30 bits per heavy atom. The zero-order valence-electron chi connectivity index (χ0n) is 12.2. The van der Waals surface area contributed by atoms with Crippen LogP contribution in [0.3, 0.4) is 0 Å². The minimum Gasteiger partial charge on any atom is -0.491 e. The quantitative estimate of drug-likeness (QED) is 0.767. The summed E-state index contributed by atoms with van der Waals surface area (Å²) in [5.41, 5.74) is 0.